The smallest absolute Gasteiger partial charge is 0.236 e. The van der Waals surface area contributed by atoms with Crippen molar-refractivity contribution in [3.63, 3.8) is 0 Å². The predicted octanol–water partition coefficient (Wildman–Crippen LogP) is 0.671. The molecule has 0 aliphatic rings. The maximum Gasteiger partial charge on any atom is 0.236 e. The quantitative estimate of drug-likeness (QED) is 0.743. The Hall–Kier alpha value is -1.43. The van der Waals surface area contributed by atoms with Gasteiger partial charge in [-0.25, -0.2) is 0 Å². The van der Waals surface area contributed by atoms with Gasteiger partial charge in [0.2, 0.25) is 5.91 Å². The number of nitrogens with one attached hydrogen (secondary N) is 1. The number of nitrogens with zero attached hydrogens (tertiary/aromatic N) is 2. The van der Waals surface area contributed by atoms with E-state index in [4.69, 9.17) is 18.0 Å². The molecule has 0 saturated heterocycles. The fourth-order valence-corrected chi connectivity index (χ4v) is 0.978. The molecule has 1 aromatic rings. The summed E-state index contributed by atoms with van der Waals surface area (Å²) in [4.78, 5) is 11.9. The lowest BCUT2D eigenvalue weighted by molar-refractivity contribution is -0.121. The number of aryl methyl sites for hydroxylation is 1. The summed E-state index contributed by atoms with van der Waals surface area (Å²) in [6.07, 6.45) is 3.26. The number of carbonyl (C=O) groups is 1. The molecule has 0 aliphatic carbocycles. The first-order valence-electron chi connectivity index (χ1n) is 4.44. The van der Waals surface area contributed by atoms with Gasteiger partial charge in [0.1, 0.15) is 0 Å². The zero-order valence-electron chi connectivity index (χ0n) is 8.94. The van der Waals surface area contributed by atoms with E-state index < -0.39 is 5.41 Å². The molecule has 0 unspecified atom stereocenters. The third kappa shape index (κ3) is 2.53. The first kappa shape index (κ1) is 11.6. The summed E-state index contributed by atoms with van der Waals surface area (Å²) < 4.78 is 1.60. The summed E-state index contributed by atoms with van der Waals surface area (Å²) in [7, 11) is 1.77. The molecule has 82 valence electrons. The Morgan fingerprint density at radius 3 is 2.67 bits per heavy atom. The molecule has 0 atom stereocenters. The normalized spacial score (nSPS) is 11.1. The summed E-state index contributed by atoms with van der Waals surface area (Å²) in [5.74, 6) is -0.233. The van der Waals surface area contributed by atoms with Gasteiger partial charge in [-0.15, -0.1) is 0 Å². The number of hydrogen-bond acceptors (Lipinski definition) is 3. The first-order chi connectivity index (χ1) is 6.84. The van der Waals surface area contributed by atoms with E-state index in [1.807, 2.05) is 0 Å². The molecule has 0 radical (unpaired) electrons. The Morgan fingerprint density at radius 2 is 2.27 bits per heavy atom. The highest BCUT2D eigenvalue weighted by Crippen LogP contribution is 2.18. The predicted molar refractivity (Wildman–Crippen MR) is 62.4 cm³/mol. The number of nitrogens with two attached hydrogens (primary N) is 1. The van der Waals surface area contributed by atoms with Crippen LogP contribution >= 0.6 is 12.2 Å². The molecule has 0 aromatic carbocycles. The average molecular weight is 226 g/mol. The van der Waals surface area contributed by atoms with Gasteiger partial charge in [0.25, 0.3) is 0 Å². The largest absolute Gasteiger partial charge is 0.392 e. The van der Waals surface area contributed by atoms with E-state index in [9.17, 15) is 4.79 Å². The maximum absolute atomic E-state index is 11.8. The van der Waals surface area contributed by atoms with Crippen molar-refractivity contribution in [2.75, 3.05) is 5.32 Å². The van der Waals surface area contributed by atoms with Gasteiger partial charge in [-0.1, -0.05) is 12.2 Å². The minimum absolute atomic E-state index is 0.170. The van der Waals surface area contributed by atoms with Gasteiger partial charge >= 0.3 is 0 Å². The third-order valence-corrected chi connectivity index (χ3v) is 2.66. The SMILES string of the molecule is Cn1cc(NC(=O)C(C)(C)C(N)=S)cn1. The number of thiocarbonyl (C=S) groups is 1. The van der Waals surface area contributed by atoms with E-state index >= 15 is 0 Å². The van der Waals surface area contributed by atoms with Gasteiger partial charge in [0.05, 0.1) is 22.3 Å². The second-order valence-electron chi connectivity index (χ2n) is 3.85. The topological polar surface area (TPSA) is 72.9 Å². The van der Waals surface area contributed by atoms with Gasteiger partial charge in [-0.3, -0.25) is 9.48 Å². The van der Waals surface area contributed by atoms with Crippen LogP contribution in [0, 0.1) is 5.41 Å². The van der Waals surface area contributed by atoms with Gasteiger partial charge in [-0.05, 0) is 13.8 Å². The van der Waals surface area contributed by atoms with Crippen LogP contribution in [0.5, 0.6) is 0 Å². The van der Waals surface area contributed by atoms with Crippen LogP contribution in [-0.2, 0) is 11.8 Å². The van der Waals surface area contributed by atoms with Crippen molar-refractivity contribution in [3.8, 4) is 0 Å². The zero-order chi connectivity index (χ0) is 11.6. The molecule has 15 heavy (non-hydrogen) atoms. The van der Waals surface area contributed by atoms with E-state index in [-0.39, 0.29) is 10.9 Å². The molecule has 0 saturated carbocycles. The molecule has 0 fully saturated rings. The lowest BCUT2D eigenvalue weighted by Crippen LogP contribution is -2.41. The van der Waals surface area contributed by atoms with Gasteiger partial charge in [0, 0.05) is 13.2 Å². The van der Waals surface area contributed by atoms with E-state index in [0.717, 1.165) is 0 Å². The molecular formula is C9H14N4OS. The molecule has 1 rings (SSSR count). The van der Waals surface area contributed by atoms with Crippen LogP contribution in [0.25, 0.3) is 0 Å². The van der Waals surface area contributed by atoms with Crippen LogP contribution in [0.1, 0.15) is 13.8 Å². The number of aromatic nitrogens is 2. The number of rotatable bonds is 3. The van der Waals surface area contributed by atoms with Crippen LogP contribution in [0.15, 0.2) is 12.4 Å². The molecule has 6 heteroatoms. The number of amides is 1. The van der Waals surface area contributed by atoms with Gasteiger partial charge < -0.3 is 11.1 Å². The maximum atomic E-state index is 11.8. The lowest BCUT2D eigenvalue weighted by atomic mass is 9.92. The summed E-state index contributed by atoms with van der Waals surface area (Å²) in [5, 5.41) is 6.63. The fraction of sp³-hybridized carbons (Fsp3) is 0.444. The third-order valence-electron chi connectivity index (χ3n) is 2.15. The lowest BCUT2D eigenvalue weighted by Gasteiger charge is -2.21. The monoisotopic (exact) mass is 226 g/mol. The fourth-order valence-electron chi connectivity index (χ4n) is 0.885. The van der Waals surface area contributed by atoms with Crippen LogP contribution in [-0.4, -0.2) is 20.7 Å². The Bertz CT molecular complexity index is 397. The van der Waals surface area contributed by atoms with E-state index in [2.05, 4.69) is 10.4 Å². The summed E-state index contributed by atoms with van der Waals surface area (Å²) in [6, 6.07) is 0. The summed E-state index contributed by atoms with van der Waals surface area (Å²) >= 11 is 4.83. The Balaban J connectivity index is 2.76. The standard InChI is InChI=1S/C9H14N4OS/c1-9(2,7(10)15)8(14)12-6-4-11-13(3)5-6/h4-5H,1-3H3,(H2,10,15)(H,12,14). The van der Waals surface area contributed by atoms with Gasteiger partial charge in [0.15, 0.2) is 0 Å². The highest BCUT2D eigenvalue weighted by molar-refractivity contribution is 7.80. The average Bonchev–Trinajstić information content (AvgIpc) is 2.50. The van der Waals surface area contributed by atoms with Crippen molar-refractivity contribution in [3.05, 3.63) is 12.4 Å². The summed E-state index contributed by atoms with van der Waals surface area (Å²) in [5.41, 5.74) is 5.26. The molecular weight excluding hydrogens is 212 g/mol. The Kier molecular flexibility index (Phi) is 3.09. The van der Waals surface area contributed by atoms with Gasteiger partial charge in [-0.2, -0.15) is 5.10 Å². The van der Waals surface area contributed by atoms with Crippen molar-refractivity contribution >= 4 is 28.8 Å². The number of hydrogen-bond donors (Lipinski definition) is 2. The number of anilines is 1. The zero-order valence-corrected chi connectivity index (χ0v) is 9.76. The molecule has 1 aromatic heterocycles. The van der Waals surface area contributed by atoms with Crippen LogP contribution in [0.4, 0.5) is 5.69 Å². The van der Waals surface area contributed by atoms with E-state index in [1.54, 1.807) is 38.0 Å². The second kappa shape index (κ2) is 3.98. The van der Waals surface area contributed by atoms with Crippen molar-refractivity contribution in [2.45, 2.75) is 13.8 Å². The highest BCUT2D eigenvalue weighted by Gasteiger charge is 2.31. The van der Waals surface area contributed by atoms with Crippen LogP contribution < -0.4 is 11.1 Å². The highest BCUT2D eigenvalue weighted by atomic mass is 32.1. The second-order valence-corrected chi connectivity index (χ2v) is 4.29. The Morgan fingerprint density at radius 1 is 1.67 bits per heavy atom. The van der Waals surface area contributed by atoms with E-state index in [1.165, 1.54) is 0 Å². The van der Waals surface area contributed by atoms with E-state index in [0.29, 0.717) is 5.69 Å². The van der Waals surface area contributed by atoms with Crippen molar-refractivity contribution in [2.24, 2.45) is 18.2 Å². The van der Waals surface area contributed by atoms with Crippen molar-refractivity contribution in [1.82, 2.24) is 9.78 Å². The Labute approximate surface area is 93.6 Å². The molecule has 3 N–H and O–H groups in total. The summed E-state index contributed by atoms with van der Waals surface area (Å²) in [6.45, 7) is 3.36. The molecule has 0 bridgehead atoms. The van der Waals surface area contributed by atoms with Crippen LogP contribution in [0.3, 0.4) is 0 Å². The van der Waals surface area contributed by atoms with Crippen LogP contribution in [0.2, 0.25) is 0 Å². The molecule has 5 nitrogen and oxygen atoms in total. The first-order valence-corrected chi connectivity index (χ1v) is 4.85. The minimum Gasteiger partial charge on any atom is -0.392 e. The molecule has 1 heterocycles. The number of carbonyl (C=O) groups excluding carboxylic acids is 1. The van der Waals surface area contributed by atoms with Crippen molar-refractivity contribution < 1.29 is 4.79 Å². The molecule has 1 amide bonds. The molecule has 0 aliphatic heterocycles. The molecule has 0 spiro atoms. The minimum atomic E-state index is -0.856. The van der Waals surface area contributed by atoms with Crippen molar-refractivity contribution in [1.29, 1.82) is 0 Å².